The van der Waals surface area contributed by atoms with Crippen molar-refractivity contribution in [1.29, 1.82) is 0 Å². The number of nitrogens with zero attached hydrogens (tertiary/aromatic N) is 1. The van der Waals surface area contributed by atoms with Gasteiger partial charge in [0.1, 0.15) is 11.5 Å². The highest BCUT2D eigenvalue weighted by atomic mass is 16.6. The lowest BCUT2D eigenvalue weighted by Gasteiger charge is -2.02. The van der Waals surface area contributed by atoms with Gasteiger partial charge in [-0.1, -0.05) is 18.2 Å². The summed E-state index contributed by atoms with van der Waals surface area (Å²) in [5.41, 5.74) is 1.47. The number of hydrogen-bond acceptors (Lipinski definition) is 4. The topological polar surface area (TPSA) is 61.6 Å². The minimum Gasteiger partial charge on any atom is -0.497 e. The van der Waals surface area contributed by atoms with Gasteiger partial charge in [0.2, 0.25) is 0 Å². The van der Waals surface area contributed by atoms with Crippen LogP contribution in [0.25, 0.3) is 12.2 Å². The standard InChI is InChI=1S/C16H15NO4/c1-20-14-8-4-12(5-9-14)3-6-13-7-10-15(21-2)11-16(13)17(18)19/h3-11H,1-2H3/b6-3+. The molecule has 21 heavy (non-hydrogen) atoms. The summed E-state index contributed by atoms with van der Waals surface area (Å²) in [5, 5.41) is 11.1. The Labute approximate surface area is 122 Å². The van der Waals surface area contributed by atoms with E-state index in [0.29, 0.717) is 11.3 Å². The molecule has 0 saturated carbocycles. The van der Waals surface area contributed by atoms with Gasteiger partial charge in [-0.3, -0.25) is 10.1 Å². The van der Waals surface area contributed by atoms with Crippen molar-refractivity contribution in [2.75, 3.05) is 14.2 Å². The van der Waals surface area contributed by atoms with E-state index < -0.39 is 4.92 Å². The van der Waals surface area contributed by atoms with Crippen LogP contribution in [0.3, 0.4) is 0 Å². The van der Waals surface area contributed by atoms with E-state index in [9.17, 15) is 10.1 Å². The Morgan fingerprint density at radius 2 is 1.57 bits per heavy atom. The average Bonchev–Trinajstić information content (AvgIpc) is 2.53. The molecule has 0 atom stereocenters. The van der Waals surface area contributed by atoms with Gasteiger partial charge in [0, 0.05) is 0 Å². The number of rotatable bonds is 5. The molecule has 0 saturated heterocycles. The van der Waals surface area contributed by atoms with Gasteiger partial charge < -0.3 is 9.47 Å². The SMILES string of the molecule is COc1ccc(/C=C/c2ccc(OC)cc2[N+](=O)[O-])cc1. The fourth-order valence-electron chi connectivity index (χ4n) is 1.85. The van der Waals surface area contributed by atoms with Crippen LogP contribution in [0.1, 0.15) is 11.1 Å². The lowest BCUT2D eigenvalue weighted by atomic mass is 10.1. The lowest BCUT2D eigenvalue weighted by Crippen LogP contribution is -1.93. The molecule has 5 nitrogen and oxygen atoms in total. The van der Waals surface area contributed by atoms with E-state index in [1.165, 1.54) is 13.2 Å². The zero-order chi connectivity index (χ0) is 15.2. The quantitative estimate of drug-likeness (QED) is 0.476. The summed E-state index contributed by atoms with van der Waals surface area (Å²) in [6.07, 6.45) is 3.52. The summed E-state index contributed by atoms with van der Waals surface area (Å²) in [6, 6.07) is 12.2. The molecule has 0 bridgehead atoms. The minimum absolute atomic E-state index is 0.0131. The van der Waals surface area contributed by atoms with Gasteiger partial charge in [0.05, 0.1) is 30.8 Å². The van der Waals surface area contributed by atoms with Crippen molar-refractivity contribution in [3.8, 4) is 11.5 Å². The zero-order valence-electron chi connectivity index (χ0n) is 11.8. The van der Waals surface area contributed by atoms with Crippen molar-refractivity contribution >= 4 is 17.8 Å². The van der Waals surface area contributed by atoms with E-state index >= 15 is 0 Å². The molecule has 0 aliphatic heterocycles. The van der Waals surface area contributed by atoms with Crippen LogP contribution < -0.4 is 9.47 Å². The van der Waals surface area contributed by atoms with E-state index in [1.807, 2.05) is 30.3 Å². The molecule has 0 heterocycles. The molecule has 0 aromatic heterocycles. The summed E-state index contributed by atoms with van der Waals surface area (Å²) >= 11 is 0. The fourth-order valence-corrected chi connectivity index (χ4v) is 1.85. The molecular formula is C16H15NO4. The van der Waals surface area contributed by atoms with E-state index in [2.05, 4.69) is 0 Å². The van der Waals surface area contributed by atoms with Crippen LogP contribution in [0.5, 0.6) is 11.5 Å². The maximum Gasteiger partial charge on any atom is 0.280 e. The van der Waals surface area contributed by atoms with Crippen LogP contribution in [0, 0.1) is 10.1 Å². The van der Waals surface area contributed by atoms with Gasteiger partial charge in [-0.05, 0) is 35.9 Å². The molecule has 0 aliphatic carbocycles. The summed E-state index contributed by atoms with van der Waals surface area (Å²) in [5.74, 6) is 1.23. The van der Waals surface area contributed by atoms with Crippen molar-refractivity contribution in [3.63, 3.8) is 0 Å². The third-order valence-electron chi connectivity index (χ3n) is 3.01. The molecule has 0 radical (unpaired) electrons. The maximum atomic E-state index is 11.1. The molecule has 0 aliphatic rings. The third kappa shape index (κ3) is 3.60. The Morgan fingerprint density at radius 3 is 2.14 bits per heavy atom. The van der Waals surface area contributed by atoms with Crippen molar-refractivity contribution in [3.05, 3.63) is 63.7 Å². The van der Waals surface area contributed by atoms with Gasteiger partial charge in [-0.25, -0.2) is 0 Å². The molecule has 0 unspecified atom stereocenters. The molecule has 0 amide bonds. The van der Waals surface area contributed by atoms with Gasteiger partial charge in [0.15, 0.2) is 0 Å². The summed E-state index contributed by atoms with van der Waals surface area (Å²) in [7, 11) is 3.08. The van der Waals surface area contributed by atoms with Crippen LogP contribution in [-0.4, -0.2) is 19.1 Å². The van der Waals surface area contributed by atoms with Crippen molar-refractivity contribution in [2.45, 2.75) is 0 Å². The molecule has 0 N–H and O–H groups in total. The number of hydrogen-bond donors (Lipinski definition) is 0. The zero-order valence-corrected chi connectivity index (χ0v) is 11.8. The highest BCUT2D eigenvalue weighted by Crippen LogP contribution is 2.26. The van der Waals surface area contributed by atoms with Gasteiger partial charge in [0.25, 0.3) is 5.69 Å². The van der Waals surface area contributed by atoms with E-state index in [4.69, 9.17) is 9.47 Å². The molecule has 108 valence electrons. The first kappa shape index (κ1) is 14.6. The highest BCUT2D eigenvalue weighted by molar-refractivity contribution is 5.74. The Balaban J connectivity index is 2.29. The molecule has 0 fully saturated rings. The van der Waals surface area contributed by atoms with E-state index in [1.54, 1.807) is 25.3 Å². The van der Waals surface area contributed by atoms with Gasteiger partial charge in [-0.2, -0.15) is 0 Å². The lowest BCUT2D eigenvalue weighted by molar-refractivity contribution is -0.385. The smallest absolute Gasteiger partial charge is 0.280 e. The summed E-state index contributed by atoms with van der Waals surface area (Å²) in [4.78, 5) is 10.7. The average molecular weight is 285 g/mol. The molecule has 5 heteroatoms. The first-order valence-corrected chi connectivity index (χ1v) is 6.28. The second-order valence-corrected chi connectivity index (χ2v) is 4.29. The van der Waals surface area contributed by atoms with E-state index in [-0.39, 0.29) is 5.69 Å². The van der Waals surface area contributed by atoms with Crippen LogP contribution in [-0.2, 0) is 0 Å². The van der Waals surface area contributed by atoms with Gasteiger partial charge >= 0.3 is 0 Å². The fraction of sp³-hybridized carbons (Fsp3) is 0.125. The van der Waals surface area contributed by atoms with Crippen LogP contribution in [0.15, 0.2) is 42.5 Å². The van der Waals surface area contributed by atoms with Gasteiger partial charge in [-0.15, -0.1) is 0 Å². The Kier molecular flexibility index (Phi) is 4.56. The van der Waals surface area contributed by atoms with Crippen LogP contribution in [0.2, 0.25) is 0 Å². The number of methoxy groups -OCH3 is 2. The Hall–Kier alpha value is -2.82. The number of nitro benzene ring substituents is 1. The highest BCUT2D eigenvalue weighted by Gasteiger charge is 2.12. The molecule has 2 aromatic rings. The molecular weight excluding hydrogens is 270 g/mol. The van der Waals surface area contributed by atoms with E-state index in [0.717, 1.165) is 11.3 Å². The Morgan fingerprint density at radius 1 is 0.952 bits per heavy atom. The van der Waals surface area contributed by atoms with Crippen LogP contribution in [0.4, 0.5) is 5.69 Å². The largest absolute Gasteiger partial charge is 0.497 e. The third-order valence-corrected chi connectivity index (χ3v) is 3.01. The number of ether oxygens (including phenoxy) is 2. The van der Waals surface area contributed by atoms with Crippen LogP contribution >= 0.6 is 0 Å². The first-order chi connectivity index (χ1) is 10.1. The second-order valence-electron chi connectivity index (χ2n) is 4.29. The predicted octanol–water partition coefficient (Wildman–Crippen LogP) is 3.78. The number of benzene rings is 2. The monoisotopic (exact) mass is 285 g/mol. The Bertz CT molecular complexity index is 662. The molecule has 2 aromatic carbocycles. The second kappa shape index (κ2) is 6.56. The summed E-state index contributed by atoms with van der Waals surface area (Å²) in [6.45, 7) is 0. The van der Waals surface area contributed by atoms with Crippen molar-refractivity contribution < 1.29 is 14.4 Å². The van der Waals surface area contributed by atoms with Crippen molar-refractivity contribution in [1.82, 2.24) is 0 Å². The summed E-state index contributed by atoms with van der Waals surface area (Å²) < 4.78 is 10.1. The van der Waals surface area contributed by atoms with Crippen molar-refractivity contribution in [2.24, 2.45) is 0 Å². The minimum atomic E-state index is -0.420. The molecule has 0 spiro atoms. The predicted molar refractivity (Wildman–Crippen MR) is 81.6 cm³/mol. The normalized spacial score (nSPS) is 10.6. The molecule has 2 rings (SSSR count). The number of nitro groups is 1. The maximum absolute atomic E-state index is 11.1. The first-order valence-electron chi connectivity index (χ1n) is 6.28.